The third kappa shape index (κ3) is 4.68. The summed E-state index contributed by atoms with van der Waals surface area (Å²) in [6.45, 7) is 9.34. The molecule has 0 radical (unpaired) electrons. The van der Waals surface area contributed by atoms with Crippen molar-refractivity contribution in [1.29, 1.82) is 0 Å². The Morgan fingerprint density at radius 2 is 2.08 bits per heavy atom. The zero-order valence-corrected chi connectivity index (χ0v) is 8.54. The first-order valence-corrected chi connectivity index (χ1v) is 4.53. The molecule has 0 aliphatic heterocycles. The van der Waals surface area contributed by atoms with Gasteiger partial charge in [0.2, 0.25) is 0 Å². The summed E-state index contributed by atoms with van der Waals surface area (Å²) < 4.78 is 4.92. The van der Waals surface area contributed by atoms with E-state index in [1.807, 2.05) is 13.8 Å². The summed E-state index contributed by atoms with van der Waals surface area (Å²) in [6.07, 6.45) is 0.137. The average Bonchev–Trinajstić information content (AvgIpc) is 2.11. The van der Waals surface area contributed by atoms with E-state index in [2.05, 4.69) is 6.58 Å². The van der Waals surface area contributed by atoms with Gasteiger partial charge in [0.15, 0.2) is 0 Å². The summed E-state index contributed by atoms with van der Waals surface area (Å²) in [6, 6.07) is 0. The Balaban J connectivity index is 3.81. The predicted molar refractivity (Wildman–Crippen MR) is 51.2 cm³/mol. The first-order chi connectivity index (χ1) is 5.99. The molecule has 0 aromatic rings. The van der Waals surface area contributed by atoms with Crippen molar-refractivity contribution in [2.45, 2.75) is 33.3 Å². The maximum atomic E-state index is 11.1. The lowest BCUT2D eigenvalue weighted by atomic mass is 10.1. The highest BCUT2D eigenvalue weighted by atomic mass is 16.5. The van der Waals surface area contributed by atoms with Crippen LogP contribution >= 0.6 is 0 Å². The topological polar surface area (TPSA) is 46.5 Å². The fourth-order valence-corrected chi connectivity index (χ4v) is 0.599. The number of aliphatic hydroxyl groups excluding tert-OH is 1. The van der Waals surface area contributed by atoms with E-state index in [9.17, 15) is 4.79 Å². The molecule has 0 aliphatic rings. The number of hydrogen-bond acceptors (Lipinski definition) is 3. The van der Waals surface area contributed by atoms with Crippen molar-refractivity contribution in [2.75, 3.05) is 6.61 Å². The molecule has 0 fully saturated rings. The highest BCUT2D eigenvalue weighted by molar-refractivity contribution is 5.88. The van der Waals surface area contributed by atoms with Crippen molar-refractivity contribution >= 4 is 5.97 Å². The van der Waals surface area contributed by atoms with E-state index in [0.717, 1.165) is 6.42 Å². The van der Waals surface area contributed by atoms with E-state index in [-0.39, 0.29) is 5.57 Å². The highest BCUT2D eigenvalue weighted by Gasteiger charge is 2.14. The van der Waals surface area contributed by atoms with Gasteiger partial charge in [-0.05, 0) is 12.8 Å². The van der Waals surface area contributed by atoms with Gasteiger partial charge in [-0.25, -0.2) is 4.79 Å². The van der Waals surface area contributed by atoms with Gasteiger partial charge in [0.25, 0.3) is 0 Å². The Labute approximate surface area is 79.4 Å². The largest absolute Gasteiger partial charge is 0.462 e. The van der Waals surface area contributed by atoms with Crippen LogP contribution in [0.2, 0.25) is 0 Å². The summed E-state index contributed by atoms with van der Waals surface area (Å²) in [5.74, 6) is -0.152. The molecule has 0 aromatic carbocycles. The summed E-state index contributed by atoms with van der Waals surface area (Å²) >= 11 is 0. The van der Waals surface area contributed by atoms with Gasteiger partial charge in [-0.3, -0.25) is 0 Å². The summed E-state index contributed by atoms with van der Waals surface area (Å²) in [5.41, 5.74) is 0.114. The lowest BCUT2D eigenvalue weighted by molar-refractivity contribution is -0.141. The van der Waals surface area contributed by atoms with Crippen LogP contribution in [0.3, 0.4) is 0 Å². The Morgan fingerprint density at radius 3 is 2.46 bits per heavy atom. The molecule has 13 heavy (non-hydrogen) atoms. The van der Waals surface area contributed by atoms with Gasteiger partial charge < -0.3 is 9.84 Å². The maximum absolute atomic E-state index is 11.1. The third-order valence-corrected chi connectivity index (χ3v) is 1.96. The van der Waals surface area contributed by atoms with Gasteiger partial charge >= 0.3 is 5.97 Å². The van der Waals surface area contributed by atoms with Crippen LogP contribution in [-0.4, -0.2) is 23.8 Å². The molecule has 3 nitrogen and oxygen atoms in total. The smallest absolute Gasteiger partial charge is 0.336 e. The zero-order valence-electron chi connectivity index (χ0n) is 8.54. The monoisotopic (exact) mass is 186 g/mol. The molecule has 0 amide bonds. The second-order valence-electron chi connectivity index (χ2n) is 3.31. The molecule has 0 aromatic heterocycles. The highest BCUT2D eigenvalue weighted by Crippen LogP contribution is 2.05. The molecule has 0 heterocycles. The number of ether oxygens (including phenoxy) is 1. The molecule has 76 valence electrons. The summed E-state index contributed by atoms with van der Waals surface area (Å²) in [4.78, 5) is 11.1. The second kappa shape index (κ2) is 5.75. The molecule has 0 bridgehead atoms. The van der Waals surface area contributed by atoms with E-state index in [0.29, 0.717) is 12.5 Å². The zero-order chi connectivity index (χ0) is 10.4. The van der Waals surface area contributed by atoms with Crippen LogP contribution in [-0.2, 0) is 9.53 Å². The summed E-state index contributed by atoms with van der Waals surface area (Å²) in [7, 11) is 0. The normalized spacial score (nSPS) is 14.8. The number of carbonyl (C=O) groups excluding carboxylic acids is 1. The van der Waals surface area contributed by atoms with E-state index in [1.54, 1.807) is 0 Å². The van der Waals surface area contributed by atoms with Crippen molar-refractivity contribution in [3.63, 3.8) is 0 Å². The third-order valence-electron chi connectivity index (χ3n) is 1.96. The molecule has 2 unspecified atom stereocenters. The minimum absolute atomic E-state index is 0.114. The second-order valence-corrected chi connectivity index (χ2v) is 3.31. The standard InChI is InChI=1S/C10H18O3/c1-5-7(2)6-13-10(12)8(3)9(4)11/h7,9,11H,3,5-6H2,1-2,4H3. The van der Waals surface area contributed by atoms with Crippen LogP contribution in [0.15, 0.2) is 12.2 Å². The first-order valence-electron chi connectivity index (χ1n) is 4.53. The Morgan fingerprint density at radius 1 is 1.54 bits per heavy atom. The van der Waals surface area contributed by atoms with Gasteiger partial charge in [-0.2, -0.15) is 0 Å². The van der Waals surface area contributed by atoms with E-state index in [4.69, 9.17) is 9.84 Å². The fraction of sp³-hybridized carbons (Fsp3) is 0.700. The van der Waals surface area contributed by atoms with Crippen LogP contribution in [0.1, 0.15) is 27.2 Å². The SMILES string of the molecule is C=C(C(=O)OCC(C)CC)C(C)O. The summed E-state index contributed by atoms with van der Waals surface area (Å²) in [5, 5.41) is 9.01. The quantitative estimate of drug-likeness (QED) is 0.523. The molecule has 0 saturated carbocycles. The van der Waals surface area contributed by atoms with Gasteiger partial charge in [-0.15, -0.1) is 0 Å². The lowest BCUT2D eigenvalue weighted by Crippen LogP contribution is -2.18. The molecule has 0 aliphatic carbocycles. The number of aliphatic hydroxyl groups is 1. The maximum Gasteiger partial charge on any atom is 0.336 e. The van der Waals surface area contributed by atoms with Crippen molar-refractivity contribution in [3.8, 4) is 0 Å². The number of carbonyl (C=O) groups is 1. The Bertz CT molecular complexity index is 185. The molecular weight excluding hydrogens is 168 g/mol. The van der Waals surface area contributed by atoms with Crippen molar-refractivity contribution in [2.24, 2.45) is 5.92 Å². The fourth-order valence-electron chi connectivity index (χ4n) is 0.599. The first kappa shape index (κ1) is 12.2. The molecule has 2 atom stereocenters. The molecule has 0 rings (SSSR count). The van der Waals surface area contributed by atoms with Crippen molar-refractivity contribution in [3.05, 3.63) is 12.2 Å². The van der Waals surface area contributed by atoms with Crippen molar-refractivity contribution in [1.82, 2.24) is 0 Å². The lowest BCUT2D eigenvalue weighted by Gasteiger charge is -2.11. The van der Waals surface area contributed by atoms with Gasteiger partial charge in [0, 0.05) is 0 Å². The van der Waals surface area contributed by atoms with Gasteiger partial charge in [0.1, 0.15) is 0 Å². The van der Waals surface area contributed by atoms with Gasteiger partial charge in [0.05, 0.1) is 18.3 Å². The predicted octanol–water partition coefficient (Wildman–Crippen LogP) is 1.51. The van der Waals surface area contributed by atoms with Crippen LogP contribution in [0.25, 0.3) is 0 Å². The van der Waals surface area contributed by atoms with Crippen LogP contribution in [0.5, 0.6) is 0 Å². The molecule has 0 saturated heterocycles. The number of esters is 1. The van der Waals surface area contributed by atoms with E-state index in [1.165, 1.54) is 6.92 Å². The molecule has 3 heteroatoms. The number of hydrogen-bond donors (Lipinski definition) is 1. The molecular formula is C10H18O3. The Hall–Kier alpha value is -0.830. The van der Waals surface area contributed by atoms with Crippen LogP contribution < -0.4 is 0 Å². The average molecular weight is 186 g/mol. The molecule has 1 N–H and O–H groups in total. The van der Waals surface area contributed by atoms with Gasteiger partial charge in [-0.1, -0.05) is 26.8 Å². The van der Waals surface area contributed by atoms with Crippen LogP contribution in [0, 0.1) is 5.92 Å². The molecule has 0 spiro atoms. The van der Waals surface area contributed by atoms with Crippen molar-refractivity contribution < 1.29 is 14.6 Å². The number of rotatable bonds is 5. The van der Waals surface area contributed by atoms with Crippen LogP contribution in [0.4, 0.5) is 0 Å². The minimum atomic E-state index is -0.829. The van der Waals surface area contributed by atoms with E-state index < -0.39 is 12.1 Å². The van der Waals surface area contributed by atoms with E-state index >= 15 is 0 Å². The Kier molecular flexibility index (Phi) is 5.39. The minimum Gasteiger partial charge on any atom is -0.462 e.